The van der Waals surface area contributed by atoms with E-state index >= 15 is 0 Å². The molecule has 0 unspecified atom stereocenters. The number of nitriles is 1. The van der Waals surface area contributed by atoms with E-state index in [2.05, 4.69) is 15.3 Å². The Hall–Kier alpha value is -3.90. The Morgan fingerprint density at radius 1 is 1.18 bits per heavy atom. The van der Waals surface area contributed by atoms with Crippen molar-refractivity contribution in [1.82, 2.24) is 20.0 Å². The summed E-state index contributed by atoms with van der Waals surface area (Å²) >= 11 is 1.78. The summed E-state index contributed by atoms with van der Waals surface area (Å²) in [6.45, 7) is 1.11. The van der Waals surface area contributed by atoms with Gasteiger partial charge in [0, 0.05) is 29.3 Å². The average Bonchev–Trinajstić information content (AvgIpc) is 3.52. The van der Waals surface area contributed by atoms with Gasteiger partial charge in [-0.1, -0.05) is 11.3 Å². The highest BCUT2D eigenvalue weighted by Crippen LogP contribution is 2.23. The summed E-state index contributed by atoms with van der Waals surface area (Å²) in [5, 5.41) is 16.6. The zero-order valence-electron chi connectivity index (χ0n) is 17.6. The molecule has 2 heterocycles. The summed E-state index contributed by atoms with van der Waals surface area (Å²) in [5.41, 5.74) is 1.25. The highest BCUT2D eigenvalue weighted by Gasteiger charge is 2.05. The minimum absolute atomic E-state index is 0.257. The fraction of sp³-hybridized carbons (Fsp3) is 0.167. The van der Waals surface area contributed by atoms with Crippen molar-refractivity contribution in [3.63, 3.8) is 0 Å². The molecule has 0 fully saturated rings. The molecule has 0 aliphatic carbocycles. The molecule has 0 saturated heterocycles. The van der Waals surface area contributed by atoms with Gasteiger partial charge in [-0.25, -0.2) is 9.37 Å². The first kappa shape index (κ1) is 22.3. The maximum absolute atomic E-state index is 13.9. The molecule has 0 N–H and O–H groups in total. The van der Waals surface area contributed by atoms with Gasteiger partial charge in [-0.05, 0) is 54.6 Å². The molecule has 0 amide bonds. The second-order valence-electron chi connectivity index (χ2n) is 6.99. The molecule has 7 nitrogen and oxygen atoms in total. The Bertz CT molecular complexity index is 1250. The van der Waals surface area contributed by atoms with Gasteiger partial charge in [-0.15, -0.1) is 16.9 Å². The van der Waals surface area contributed by atoms with Gasteiger partial charge in [0.05, 0.1) is 17.8 Å². The van der Waals surface area contributed by atoms with Crippen LogP contribution in [-0.4, -0.2) is 25.7 Å². The number of nitrogens with zero attached hydrogens (tertiary/aromatic N) is 5. The van der Waals surface area contributed by atoms with Crippen LogP contribution in [0.3, 0.4) is 0 Å². The van der Waals surface area contributed by atoms with Gasteiger partial charge in [-0.2, -0.15) is 5.26 Å². The van der Waals surface area contributed by atoms with E-state index in [4.69, 9.17) is 14.4 Å². The highest BCUT2D eigenvalue weighted by molar-refractivity contribution is 7.99. The molecular weight excluding hydrogens is 441 g/mol. The first-order chi connectivity index (χ1) is 16.2. The van der Waals surface area contributed by atoms with E-state index in [9.17, 15) is 4.39 Å². The summed E-state index contributed by atoms with van der Waals surface area (Å²) in [6.07, 6.45) is 9.18. The summed E-state index contributed by atoms with van der Waals surface area (Å²) in [5.74, 6) is 1.59. The predicted molar refractivity (Wildman–Crippen MR) is 123 cm³/mol. The third kappa shape index (κ3) is 6.54. The van der Waals surface area contributed by atoms with E-state index in [-0.39, 0.29) is 12.2 Å². The minimum Gasteiger partial charge on any atom is -0.487 e. The maximum Gasteiger partial charge on any atom is 0.218 e. The van der Waals surface area contributed by atoms with Crippen molar-refractivity contribution in [2.75, 3.05) is 5.75 Å². The average molecular weight is 462 g/mol. The van der Waals surface area contributed by atoms with Crippen LogP contribution in [-0.2, 0) is 13.2 Å². The van der Waals surface area contributed by atoms with Crippen LogP contribution in [0.2, 0.25) is 0 Å². The fourth-order valence-corrected chi connectivity index (χ4v) is 3.75. The number of hydrogen-bond donors (Lipinski definition) is 0. The van der Waals surface area contributed by atoms with Gasteiger partial charge in [0.1, 0.15) is 30.1 Å². The van der Waals surface area contributed by atoms with E-state index in [0.29, 0.717) is 17.1 Å². The van der Waals surface area contributed by atoms with Crippen molar-refractivity contribution >= 4 is 23.9 Å². The van der Waals surface area contributed by atoms with Crippen LogP contribution in [0.1, 0.15) is 29.1 Å². The fourth-order valence-electron chi connectivity index (χ4n) is 2.92. The van der Waals surface area contributed by atoms with Crippen molar-refractivity contribution in [2.45, 2.75) is 24.5 Å². The van der Waals surface area contributed by atoms with Crippen LogP contribution in [0.4, 0.5) is 4.39 Å². The standard InChI is InChI=1S/C24H20FN5O2S/c25-23-14-18(15-26)2-3-19(23)4-9-24-28-20(17-32-24)16-31-21-5-7-22(8-6-21)33-13-1-11-30-12-10-27-29-30/h2-10,12,14,17H,1,11,13,16H2/b9-4+. The summed E-state index contributed by atoms with van der Waals surface area (Å²) in [6, 6.07) is 14.1. The number of aryl methyl sites for hydroxylation is 1. The molecular formula is C24H20FN5O2S. The Labute approximate surface area is 194 Å². The summed E-state index contributed by atoms with van der Waals surface area (Å²) in [4.78, 5) is 5.49. The van der Waals surface area contributed by atoms with E-state index in [1.807, 2.05) is 41.2 Å². The molecule has 9 heteroatoms. The highest BCUT2D eigenvalue weighted by atomic mass is 32.2. The van der Waals surface area contributed by atoms with Gasteiger partial charge < -0.3 is 9.15 Å². The second kappa shape index (κ2) is 11.1. The van der Waals surface area contributed by atoms with Crippen molar-refractivity contribution in [3.05, 3.63) is 89.7 Å². The Morgan fingerprint density at radius 3 is 2.82 bits per heavy atom. The molecule has 4 rings (SSSR count). The zero-order valence-corrected chi connectivity index (χ0v) is 18.4. The van der Waals surface area contributed by atoms with Crippen LogP contribution in [0, 0.1) is 17.1 Å². The minimum atomic E-state index is -0.475. The van der Waals surface area contributed by atoms with Crippen LogP contribution in [0.25, 0.3) is 12.2 Å². The molecule has 0 radical (unpaired) electrons. The number of oxazole rings is 1. The quantitative estimate of drug-likeness (QED) is 0.237. The van der Waals surface area contributed by atoms with E-state index < -0.39 is 5.82 Å². The molecule has 2 aromatic heterocycles. The molecule has 0 aliphatic rings. The SMILES string of the molecule is N#Cc1ccc(/C=C/c2nc(COc3ccc(SCCCn4ccnn4)cc3)co2)c(F)c1. The number of rotatable bonds is 10. The summed E-state index contributed by atoms with van der Waals surface area (Å²) < 4.78 is 26.9. The normalized spacial score (nSPS) is 11.0. The molecule has 2 aromatic carbocycles. The number of hydrogen-bond acceptors (Lipinski definition) is 7. The maximum atomic E-state index is 13.9. The molecule has 0 spiro atoms. The molecule has 4 aromatic rings. The van der Waals surface area contributed by atoms with E-state index in [1.54, 1.807) is 36.2 Å². The molecule has 0 saturated carbocycles. The second-order valence-corrected chi connectivity index (χ2v) is 8.16. The lowest BCUT2D eigenvalue weighted by atomic mass is 10.1. The van der Waals surface area contributed by atoms with Gasteiger partial charge >= 0.3 is 0 Å². The number of ether oxygens (including phenoxy) is 1. The van der Waals surface area contributed by atoms with Crippen molar-refractivity contribution < 1.29 is 13.5 Å². The first-order valence-electron chi connectivity index (χ1n) is 10.2. The van der Waals surface area contributed by atoms with E-state index in [0.717, 1.165) is 24.5 Å². The van der Waals surface area contributed by atoms with Gasteiger partial charge in [0.2, 0.25) is 5.89 Å². The van der Waals surface area contributed by atoms with Crippen LogP contribution >= 0.6 is 11.8 Å². The monoisotopic (exact) mass is 461 g/mol. The summed E-state index contributed by atoms with van der Waals surface area (Å²) in [7, 11) is 0. The lowest BCUT2D eigenvalue weighted by Gasteiger charge is -2.06. The predicted octanol–water partition coefficient (Wildman–Crippen LogP) is 5.21. The lowest BCUT2D eigenvalue weighted by molar-refractivity contribution is 0.301. The third-order valence-corrected chi connectivity index (χ3v) is 5.69. The van der Waals surface area contributed by atoms with Gasteiger partial charge in [-0.3, -0.25) is 4.68 Å². The largest absolute Gasteiger partial charge is 0.487 e. The lowest BCUT2D eigenvalue weighted by Crippen LogP contribution is -1.99. The number of benzene rings is 2. The molecule has 0 bridgehead atoms. The number of thioether (sulfide) groups is 1. The zero-order chi connectivity index (χ0) is 22.9. The smallest absolute Gasteiger partial charge is 0.218 e. The molecule has 166 valence electrons. The van der Waals surface area contributed by atoms with Crippen molar-refractivity contribution in [2.24, 2.45) is 0 Å². The van der Waals surface area contributed by atoms with Crippen LogP contribution in [0.5, 0.6) is 5.75 Å². The van der Waals surface area contributed by atoms with Crippen LogP contribution in [0.15, 0.2) is 70.4 Å². The Kier molecular flexibility index (Phi) is 7.51. The molecule has 0 atom stereocenters. The molecule has 33 heavy (non-hydrogen) atoms. The van der Waals surface area contributed by atoms with Gasteiger partial charge in [0.15, 0.2) is 0 Å². The third-order valence-electron chi connectivity index (χ3n) is 4.59. The Morgan fingerprint density at radius 2 is 2.06 bits per heavy atom. The topological polar surface area (TPSA) is 89.8 Å². The van der Waals surface area contributed by atoms with Gasteiger partial charge in [0.25, 0.3) is 0 Å². The first-order valence-corrected chi connectivity index (χ1v) is 11.2. The van der Waals surface area contributed by atoms with Crippen molar-refractivity contribution in [1.29, 1.82) is 5.26 Å². The Balaban J connectivity index is 1.23. The van der Waals surface area contributed by atoms with E-state index in [1.165, 1.54) is 23.3 Å². The number of halogens is 1. The number of aromatic nitrogens is 4. The van der Waals surface area contributed by atoms with Crippen LogP contribution < -0.4 is 4.74 Å². The molecule has 0 aliphatic heterocycles. The van der Waals surface area contributed by atoms with Crippen molar-refractivity contribution in [3.8, 4) is 11.8 Å².